The molecule has 0 radical (unpaired) electrons. The fourth-order valence-corrected chi connectivity index (χ4v) is 4.06. The molecule has 0 N–H and O–H groups in total. The molecule has 0 saturated heterocycles. The van der Waals surface area contributed by atoms with Crippen molar-refractivity contribution in [1.29, 1.82) is 0 Å². The van der Waals surface area contributed by atoms with Gasteiger partial charge in [-0.3, -0.25) is 9.59 Å². The van der Waals surface area contributed by atoms with Crippen LogP contribution in [0.25, 0.3) is 0 Å². The maximum absolute atomic E-state index is 13.1. The molecule has 6 heteroatoms. The Balaban J connectivity index is 1.60. The molecule has 30 heavy (non-hydrogen) atoms. The lowest BCUT2D eigenvalue weighted by Gasteiger charge is -2.11. The van der Waals surface area contributed by atoms with Gasteiger partial charge in [0.25, 0.3) is 11.8 Å². The Bertz CT molecular complexity index is 1120. The molecular formula is C24H22N4O2. The third-order valence-electron chi connectivity index (χ3n) is 5.75. The number of imide groups is 1. The molecule has 0 saturated carbocycles. The summed E-state index contributed by atoms with van der Waals surface area (Å²) in [5, 5.41) is 1.24. The lowest BCUT2D eigenvalue weighted by molar-refractivity contribution is 0.0879. The van der Waals surface area contributed by atoms with Gasteiger partial charge in [-0.25, -0.2) is 0 Å². The van der Waals surface area contributed by atoms with Crippen LogP contribution in [0.3, 0.4) is 0 Å². The summed E-state index contributed by atoms with van der Waals surface area (Å²) in [5.41, 5.74) is 3.08. The zero-order valence-corrected chi connectivity index (χ0v) is 16.8. The van der Waals surface area contributed by atoms with Crippen LogP contribution in [0.1, 0.15) is 57.8 Å². The van der Waals surface area contributed by atoms with Gasteiger partial charge in [-0.2, -0.15) is 9.59 Å². The first-order valence-corrected chi connectivity index (χ1v) is 10.1. The van der Waals surface area contributed by atoms with Crippen LogP contribution in [0.4, 0.5) is 0 Å². The molecule has 0 aliphatic carbocycles. The minimum absolute atomic E-state index is 0.0540. The van der Waals surface area contributed by atoms with Crippen LogP contribution >= 0.6 is 0 Å². The van der Waals surface area contributed by atoms with Crippen molar-refractivity contribution in [2.45, 2.75) is 25.9 Å². The van der Waals surface area contributed by atoms with Gasteiger partial charge in [-0.05, 0) is 37.1 Å². The Hall–Kier alpha value is -3.80. The predicted molar refractivity (Wildman–Crippen MR) is 114 cm³/mol. The van der Waals surface area contributed by atoms with E-state index < -0.39 is 0 Å². The lowest BCUT2D eigenvalue weighted by atomic mass is 10.1. The number of aromatic nitrogens is 3. The van der Waals surface area contributed by atoms with Gasteiger partial charge >= 0.3 is 0 Å². The number of hydrogen-bond acceptors (Lipinski definition) is 2. The first kappa shape index (κ1) is 18.2. The number of carbonyl (C=O) groups is 2. The van der Waals surface area contributed by atoms with Gasteiger partial charge in [0.2, 0.25) is 0 Å². The fraction of sp³-hybridized carbons (Fsp3) is 0.167. The van der Waals surface area contributed by atoms with Gasteiger partial charge in [-0.15, -0.1) is 5.01 Å². The predicted octanol–water partition coefficient (Wildman–Crippen LogP) is 4.24. The summed E-state index contributed by atoms with van der Waals surface area (Å²) in [4.78, 5) is 31.8. The van der Waals surface area contributed by atoms with Crippen molar-refractivity contribution in [1.82, 2.24) is 14.5 Å². The quantitative estimate of drug-likeness (QED) is 0.472. The second kappa shape index (κ2) is 6.91. The van der Waals surface area contributed by atoms with E-state index in [4.69, 9.17) is 0 Å². The fourth-order valence-electron chi connectivity index (χ4n) is 4.06. The second-order valence-corrected chi connectivity index (χ2v) is 7.55. The average molecular weight is 398 g/mol. The molecule has 2 unspecified atom stereocenters. The summed E-state index contributed by atoms with van der Waals surface area (Å²) < 4.78 is 0. The van der Waals surface area contributed by atoms with Crippen molar-refractivity contribution >= 4 is 11.8 Å². The van der Waals surface area contributed by atoms with Gasteiger partial charge in [0.15, 0.2) is 0 Å². The summed E-state index contributed by atoms with van der Waals surface area (Å²) in [7, 11) is 0. The summed E-state index contributed by atoms with van der Waals surface area (Å²) >= 11 is 0. The largest absolute Gasteiger partial charge is 0.283 e. The number of fused-ring (bicyclic) bond motifs is 1. The van der Waals surface area contributed by atoms with E-state index in [1.165, 1.54) is 5.01 Å². The number of benzene rings is 3. The Morgan fingerprint density at radius 2 is 0.933 bits per heavy atom. The topological polar surface area (TPSA) is 52.2 Å². The second-order valence-electron chi connectivity index (χ2n) is 7.55. The van der Waals surface area contributed by atoms with E-state index in [1.54, 1.807) is 29.2 Å². The van der Waals surface area contributed by atoms with Crippen molar-refractivity contribution < 1.29 is 9.59 Å². The molecule has 150 valence electrons. The van der Waals surface area contributed by atoms with Gasteiger partial charge in [-0.1, -0.05) is 77.7 Å². The Morgan fingerprint density at radius 1 is 0.567 bits per heavy atom. The molecule has 0 fully saturated rings. The molecule has 2 amide bonds. The summed E-state index contributed by atoms with van der Waals surface area (Å²) in [6.45, 7) is 4.14. The van der Waals surface area contributed by atoms with Crippen molar-refractivity contribution in [2.75, 3.05) is 5.01 Å². The van der Waals surface area contributed by atoms with E-state index in [0.717, 1.165) is 11.1 Å². The average Bonchev–Trinajstić information content (AvgIpc) is 3.48. The molecule has 6 nitrogen and oxygen atoms in total. The molecule has 1 aromatic heterocycles. The molecule has 2 atom stereocenters. The highest BCUT2D eigenvalue weighted by atomic mass is 16.2. The van der Waals surface area contributed by atoms with E-state index in [0.29, 0.717) is 11.1 Å². The third kappa shape index (κ3) is 2.72. The molecular weight excluding hydrogens is 376 g/mol. The minimum Gasteiger partial charge on any atom is -0.267 e. The number of hydrogen-bond donors (Lipinski definition) is 0. The van der Waals surface area contributed by atoms with E-state index in [9.17, 15) is 9.59 Å². The number of rotatable bonds is 5. The molecule has 1 aliphatic heterocycles. The molecule has 4 aromatic rings. The van der Waals surface area contributed by atoms with E-state index in [-0.39, 0.29) is 23.9 Å². The lowest BCUT2D eigenvalue weighted by Crippen LogP contribution is -2.39. The van der Waals surface area contributed by atoms with Crippen LogP contribution < -0.4 is 5.01 Å². The number of amides is 2. The van der Waals surface area contributed by atoms with Crippen LogP contribution in [0.15, 0.2) is 84.9 Å². The number of carbonyl (C=O) groups excluding carboxylic acids is 2. The summed E-state index contributed by atoms with van der Waals surface area (Å²) in [5.74, 6) is -0.604. The zero-order valence-electron chi connectivity index (χ0n) is 16.8. The maximum atomic E-state index is 13.1. The normalized spacial score (nSPS) is 15.5. The van der Waals surface area contributed by atoms with Crippen LogP contribution in [0, 0.1) is 0 Å². The van der Waals surface area contributed by atoms with Gasteiger partial charge < -0.3 is 0 Å². The minimum atomic E-state index is -0.302. The smallest absolute Gasteiger partial charge is 0.267 e. The molecule has 1 aliphatic rings. The molecule has 0 spiro atoms. The van der Waals surface area contributed by atoms with Crippen molar-refractivity contribution in [2.24, 2.45) is 0 Å². The third-order valence-corrected chi connectivity index (χ3v) is 5.75. The summed E-state index contributed by atoms with van der Waals surface area (Å²) in [6.07, 6.45) is 0. The summed E-state index contributed by atoms with van der Waals surface area (Å²) in [6, 6.07) is 27.0. The monoisotopic (exact) mass is 398 g/mol. The van der Waals surface area contributed by atoms with E-state index >= 15 is 0 Å². The first-order valence-electron chi connectivity index (χ1n) is 10.1. The SMILES string of the molecule is CC(c1ccccc1)n1n(C(C)c2ccccc2)n1N1C(=O)c2ccccc2C1=O. The van der Waals surface area contributed by atoms with Crippen molar-refractivity contribution in [3.63, 3.8) is 0 Å². The zero-order chi connectivity index (χ0) is 20.8. The highest BCUT2D eigenvalue weighted by molar-refractivity contribution is 6.30. The standard InChI is InChI=1S/C24H22N4O2/c1-17(19-11-5-3-6-12-19)26-27(18(2)20-13-7-4-8-14-20)28(26)25-23(29)21-15-9-10-16-22(21)24(25)30/h3-18H,1-2H3. The van der Waals surface area contributed by atoms with Gasteiger partial charge in [0.1, 0.15) is 0 Å². The molecule has 5 rings (SSSR count). The van der Waals surface area contributed by atoms with E-state index in [2.05, 4.69) is 38.1 Å². The van der Waals surface area contributed by atoms with Crippen LogP contribution in [-0.4, -0.2) is 26.3 Å². The molecule has 3 aromatic carbocycles. The van der Waals surface area contributed by atoms with Crippen LogP contribution in [0.5, 0.6) is 0 Å². The maximum Gasteiger partial charge on any atom is 0.283 e. The van der Waals surface area contributed by atoms with Crippen molar-refractivity contribution in [3.8, 4) is 0 Å². The van der Waals surface area contributed by atoms with Gasteiger partial charge in [0.05, 0.1) is 23.2 Å². The van der Waals surface area contributed by atoms with Crippen molar-refractivity contribution in [3.05, 3.63) is 107 Å². The Labute approximate surface area is 174 Å². The van der Waals surface area contributed by atoms with E-state index in [1.807, 2.05) is 46.0 Å². The number of nitrogens with zero attached hydrogens (tertiary/aromatic N) is 4. The first-order chi connectivity index (χ1) is 14.6. The Kier molecular flexibility index (Phi) is 4.20. The molecule has 2 heterocycles. The Morgan fingerprint density at radius 3 is 1.33 bits per heavy atom. The van der Waals surface area contributed by atoms with Crippen LogP contribution in [-0.2, 0) is 0 Å². The molecule has 0 bridgehead atoms. The van der Waals surface area contributed by atoms with Crippen LogP contribution in [0.2, 0.25) is 0 Å². The van der Waals surface area contributed by atoms with Gasteiger partial charge in [0, 0.05) is 0 Å². The highest BCUT2D eigenvalue weighted by Crippen LogP contribution is 2.31. The highest BCUT2D eigenvalue weighted by Gasteiger charge is 2.44.